The molecular weight excluding hydrogens is 404 g/mol. The van der Waals surface area contributed by atoms with Crippen LogP contribution in [0.25, 0.3) is 6.08 Å². The Morgan fingerprint density at radius 3 is 2.46 bits per heavy atom. The summed E-state index contributed by atoms with van der Waals surface area (Å²) in [5.41, 5.74) is 0.758. The van der Waals surface area contributed by atoms with Crippen LogP contribution in [0.2, 0.25) is 0 Å². The Morgan fingerprint density at radius 1 is 1.12 bits per heavy atom. The number of carbonyl (C=O) groups is 3. The Labute approximate surface area is 158 Å². The zero-order valence-corrected chi connectivity index (χ0v) is 15.3. The number of furan rings is 1. The molecule has 136 valence electrons. The minimum atomic E-state index is -0.934. The van der Waals surface area contributed by atoms with Crippen LogP contribution in [0.4, 0.5) is 0 Å². The van der Waals surface area contributed by atoms with Crippen LogP contribution in [-0.4, -0.2) is 29.4 Å². The molecule has 0 radical (unpaired) electrons. The summed E-state index contributed by atoms with van der Waals surface area (Å²) < 4.78 is 5.58. The summed E-state index contributed by atoms with van der Waals surface area (Å²) in [5, 5.41) is 13.8. The molecule has 2 amide bonds. The van der Waals surface area contributed by atoms with Crippen molar-refractivity contribution in [2.75, 3.05) is 6.54 Å². The Kier molecular flexibility index (Phi) is 7.16. The highest BCUT2D eigenvalue weighted by molar-refractivity contribution is 9.10. The molecule has 1 heterocycles. The fraction of sp³-hybridized carbons (Fsp3) is 0.167. The van der Waals surface area contributed by atoms with Gasteiger partial charge in [0.05, 0.1) is 0 Å². The summed E-state index contributed by atoms with van der Waals surface area (Å²) in [6, 6.07) is 12.1. The average molecular weight is 421 g/mol. The van der Waals surface area contributed by atoms with E-state index in [0.29, 0.717) is 11.1 Å². The van der Waals surface area contributed by atoms with Gasteiger partial charge in [0.25, 0.3) is 11.8 Å². The molecule has 0 aliphatic heterocycles. The maximum Gasteiger partial charge on any atom is 0.303 e. The van der Waals surface area contributed by atoms with Gasteiger partial charge in [-0.1, -0.05) is 30.3 Å². The maximum absolute atomic E-state index is 12.4. The standard InChI is InChI=1S/C18H17BrN2O5/c19-15-9-8-14(26-15)18(25)21-13(11-12-5-2-1-3-6-12)17(24)20-10-4-7-16(22)23/h1-3,5-6,8-9,11H,4,7,10H2,(H,20,24)(H,21,25)(H,22,23)/b13-11+. The van der Waals surface area contributed by atoms with Crippen LogP contribution in [0.5, 0.6) is 0 Å². The summed E-state index contributed by atoms with van der Waals surface area (Å²) in [7, 11) is 0. The van der Waals surface area contributed by atoms with Crippen LogP contribution in [0.1, 0.15) is 29.0 Å². The third kappa shape index (κ3) is 6.21. The molecule has 26 heavy (non-hydrogen) atoms. The number of halogens is 1. The van der Waals surface area contributed by atoms with E-state index in [1.165, 1.54) is 12.1 Å². The SMILES string of the molecule is O=C(O)CCCNC(=O)/C(=C\c1ccccc1)NC(=O)c1ccc(Br)o1. The fourth-order valence-electron chi connectivity index (χ4n) is 2.03. The van der Waals surface area contributed by atoms with Gasteiger partial charge in [0.1, 0.15) is 5.70 Å². The molecule has 0 bridgehead atoms. The number of aliphatic carboxylic acids is 1. The summed E-state index contributed by atoms with van der Waals surface area (Å²) in [5.74, 6) is -1.97. The second-order valence-corrected chi connectivity index (χ2v) is 6.06. The Bertz CT molecular complexity index is 814. The number of carbonyl (C=O) groups excluding carboxylic acids is 2. The molecule has 8 heteroatoms. The first-order valence-corrected chi connectivity index (χ1v) is 8.58. The number of nitrogens with one attached hydrogen (secondary N) is 2. The van der Waals surface area contributed by atoms with Crippen molar-refractivity contribution in [1.82, 2.24) is 10.6 Å². The van der Waals surface area contributed by atoms with E-state index < -0.39 is 17.8 Å². The molecule has 0 unspecified atom stereocenters. The quantitative estimate of drug-likeness (QED) is 0.449. The summed E-state index contributed by atoms with van der Waals surface area (Å²) >= 11 is 3.11. The van der Waals surface area contributed by atoms with Gasteiger partial charge >= 0.3 is 5.97 Å². The Balaban J connectivity index is 2.11. The van der Waals surface area contributed by atoms with Gasteiger partial charge in [0.2, 0.25) is 0 Å². The van der Waals surface area contributed by atoms with Gasteiger partial charge in [0, 0.05) is 13.0 Å². The van der Waals surface area contributed by atoms with Crippen molar-refractivity contribution in [3.8, 4) is 0 Å². The number of carboxylic acids is 1. The molecule has 0 saturated carbocycles. The number of rotatable bonds is 8. The molecule has 0 aliphatic rings. The summed E-state index contributed by atoms with van der Waals surface area (Å²) in [6.07, 6.45) is 1.77. The molecule has 0 atom stereocenters. The first kappa shape index (κ1) is 19.5. The molecule has 0 aliphatic carbocycles. The highest BCUT2D eigenvalue weighted by Crippen LogP contribution is 2.14. The van der Waals surface area contributed by atoms with Crippen molar-refractivity contribution in [2.45, 2.75) is 12.8 Å². The number of benzene rings is 1. The van der Waals surface area contributed by atoms with Crippen molar-refractivity contribution < 1.29 is 23.9 Å². The first-order chi connectivity index (χ1) is 12.5. The second-order valence-electron chi connectivity index (χ2n) is 5.28. The zero-order chi connectivity index (χ0) is 18.9. The average Bonchev–Trinajstić information content (AvgIpc) is 3.05. The van der Waals surface area contributed by atoms with Gasteiger partial charge in [-0.25, -0.2) is 0 Å². The third-order valence-electron chi connectivity index (χ3n) is 3.25. The Hall–Kier alpha value is -2.87. The molecule has 0 saturated heterocycles. The molecule has 2 rings (SSSR count). The molecule has 7 nitrogen and oxygen atoms in total. The number of hydrogen-bond acceptors (Lipinski definition) is 4. The topological polar surface area (TPSA) is 109 Å². The van der Waals surface area contributed by atoms with E-state index in [1.54, 1.807) is 30.3 Å². The molecule has 0 fully saturated rings. The van der Waals surface area contributed by atoms with E-state index in [-0.39, 0.29) is 24.4 Å². The predicted molar refractivity (Wildman–Crippen MR) is 98.2 cm³/mol. The van der Waals surface area contributed by atoms with E-state index in [2.05, 4.69) is 26.6 Å². The largest absolute Gasteiger partial charge is 0.481 e. The van der Waals surface area contributed by atoms with E-state index in [1.807, 2.05) is 6.07 Å². The lowest BCUT2D eigenvalue weighted by Crippen LogP contribution is -2.35. The lowest BCUT2D eigenvalue weighted by atomic mass is 10.2. The summed E-state index contributed by atoms with van der Waals surface area (Å²) in [4.78, 5) is 35.2. The van der Waals surface area contributed by atoms with Crippen molar-refractivity contribution >= 4 is 39.8 Å². The van der Waals surface area contributed by atoms with Gasteiger partial charge in [-0.2, -0.15) is 0 Å². The van der Waals surface area contributed by atoms with Gasteiger partial charge in [-0.15, -0.1) is 0 Å². The Morgan fingerprint density at radius 2 is 1.85 bits per heavy atom. The van der Waals surface area contributed by atoms with E-state index >= 15 is 0 Å². The molecule has 3 N–H and O–H groups in total. The zero-order valence-electron chi connectivity index (χ0n) is 13.7. The molecular formula is C18H17BrN2O5. The van der Waals surface area contributed by atoms with Crippen LogP contribution < -0.4 is 10.6 Å². The summed E-state index contributed by atoms with van der Waals surface area (Å²) in [6.45, 7) is 0.180. The van der Waals surface area contributed by atoms with Crippen LogP contribution in [-0.2, 0) is 9.59 Å². The maximum atomic E-state index is 12.4. The minimum Gasteiger partial charge on any atom is -0.481 e. The number of hydrogen-bond donors (Lipinski definition) is 3. The molecule has 0 spiro atoms. The van der Waals surface area contributed by atoms with Crippen molar-refractivity contribution in [3.05, 3.63) is 64.2 Å². The van der Waals surface area contributed by atoms with Crippen molar-refractivity contribution in [2.24, 2.45) is 0 Å². The van der Waals surface area contributed by atoms with Crippen LogP contribution in [0.3, 0.4) is 0 Å². The normalized spacial score (nSPS) is 11.0. The van der Waals surface area contributed by atoms with Crippen molar-refractivity contribution in [3.63, 3.8) is 0 Å². The van der Waals surface area contributed by atoms with Crippen LogP contribution >= 0.6 is 15.9 Å². The molecule has 2 aromatic rings. The minimum absolute atomic E-state index is 0.0315. The molecule has 1 aromatic carbocycles. The van der Waals surface area contributed by atoms with E-state index in [4.69, 9.17) is 9.52 Å². The monoisotopic (exact) mass is 420 g/mol. The lowest BCUT2D eigenvalue weighted by Gasteiger charge is -2.10. The number of carboxylic acid groups (broad SMARTS) is 1. The van der Waals surface area contributed by atoms with Crippen LogP contribution in [0, 0.1) is 0 Å². The van der Waals surface area contributed by atoms with Gasteiger partial charge in [-0.05, 0) is 46.1 Å². The fourth-order valence-corrected chi connectivity index (χ4v) is 2.34. The van der Waals surface area contributed by atoms with Crippen molar-refractivity contribution in [1.29, 1.82) is 0 Å². The van der Waals surface area contributed by atoms with E-state index in [9.17, 15) is 14.4 Å². The smallest absolute Gasteiger partial charge is 0.303 e. The second kappa shape index (κ2) is 9.57. The lowest BCUT2D eigenvalue weighted by molar-refractivity contribution is -0.137. The predicted octanol–water partition coefficient (Wildman–Crippen LogP) is 2.79. The van der Waals surface area contributed by atoms with Gasteiger partial charge < -0.3 is 20.2 Å². The van der Waals surface area contributed by atoms with Crippen LogP contribution in [0.15, 0.2) is 57.2 Å². The first-order valence-electron chi connectivity index (χ1n) is 7.79. The van der Waals surface area contributed by atoms with Gasteiger partial charge in [0.15, 0.2) is 10.4 Å². The highest BCUT2D eigenvalue weighted by atomic mass is 79.9. The number of amides is 2. The highest BCUT2D eigenvalue weighted by Gasteiger charge is 2.17. The molecule has 1 aromatic heterocycles. The van der Waals surface area contributed by atoms with Gasteiger partial charge in [-0.3, -0.25) is 14.4 Å². The third-order valence-corrected chi connectivity index (χ3v) is 3.68. The van der Waals surface area contributed by atoms with E-state index in [0.717, 1.165) is 5.56 Å².